The van der Waals surface area contributed by atoms with Gasteiger partial charge in [-0.15, -0.1) is 0 Å². The van der Waals surface area contributed by atoms with Crippen LogP contribution in [0.2, 0.25) is 5.02 Å². The van der Waals surface area contributed by atoms with Crippen LogP contribution in [0.1, 0.15) is 12.0 Å². The summed E-state index contributed by atoms with van der Waals surface area (Å²) in [5.41, 5.74) is 1.45. The summed E-state index contributed by atoms with van der Waals surface area (Å²) in [7, 11) is 1.68. The number of methoxy groups -OCH3 is 1. The molecule has 1 aliphatic carbocycles. The van der Waals surface area contributed by atoms with E-state index in [1.807, 2.05) is 12.1 Å². The molecule has 2 aliphatic heterocycles. The largest absolute Gasteiger partial charge is 0.488 e. The van der Waals surface area contributed by atoms with Crippen LogP contribution in [-0.4, -0.2) is 45.0 Å². The minimum atomic E-state index is -0.0860. The third-order valence-electron chi connectivity index (χ3n) is 5.16. The van der Waals surface area contributed by atoms with Crippen LogP contribution < -0.4 is 10.1 Å². The molecule has 0 spiro atoms. The monoisotopic (exact) mass is 349 g/mol. The maximum Gasteiger partial charge on any atom is 0.250 e. The number of nitrogens with one attached hydrogen (secondary N) is 1. The van der Waals surface area contributed by atoms with Gasteiger partial charge in [0.15, 0.2) is 0 Å². The molecule has 3 aliphatic rings. The molecule has 0 bridgehead atoms. The van der Waals surface area contributed by atoms with Crippen LogP contribution in [0, 0.1) is 11.8 Å². The number of hydrogen-bond acceptors (Lipinski definition) is 4. The second-order valence-electron chi connectivity index (χ2n) is 6.55. The Morgan fingerprint density at radius 1 is 1.46 bits per heavy atom. The molecule has 4 atom stereocenters. The van der Waals surface area contributed by atoms with E-state index in [0.717, 1.165) is 24.3 Å². The highest BCUT2D eigenvalue weighted by Crippen LogP contribution is 2.44. The van der Waals surface area contributed by atoms with Crippen molar-refractivity contribution in [2.75, 3.05) is 26.9 Å². The van der Waals surface area contributed by atoms with Crippen molar-refractivity contribution >= 4 is 23.6 Å². The van der Waals surface area contributed by atoms with E-state index in [4.69, 9.17) is 25.8 Å². The number of carbonyl (C=O) groups is 1. The summed E-state index contributed by atoms with van der Waals surface area (Å²) in [6.45, 7) is 1.63. The highest BCUT2D eigenvalue weighted by atomic mass is 35.5. The summed E-state index contributed by atoms with van der Waals surface area (Å²) >= 11 is 6.02. The van der Waals surface area contributed by atoms with Gasteiger partial charge < -0.3 is 19.5 Å². The lowest BCUT2D eigenvalue weighted by molar-refractivity contribution is -0.126. The van der Waals surface area contributed by atoms with Crippen LogP contribution in [0.5, 0.6) is 5.75 Å². The third kappa shape index (κ3) is 2.70. The molecule has 5 nitrogen and oxygen atoms in total. The zero-order valence-electron chi connectivity index (χ0n) is 13.5. The van der Waals surface area contributed by atoms with E-state index in [0.29, 0.717) is 23.1 Å². The normalized spacial score (nSPS) is 30.5. The second-order valence-corrected chi connectivity index (χ2v) is 6.98. The van der Waals surface area contributed by atoms with Gasteiger partial charge in [-0.05, 0) is 30.7 Å². The number of ether oxygens (including phenoxy) is 3. The van der Waals surface area contributed by atoms with Crippen LogP contribution in [0.15, 0.2) is 23.8 Å². The van der Waals surface area contributed by atoms with Crippen molar-refractivity contribution in [2.24, 2.45) is 11.8 Å². The fourth-order valence-corrected chi connectivity index (χ4v) is 4.14. The average molecular weight is 350 g/mol. The third-order valence-corrected chi connectivity index (χ3v) is 5.40. The van der Waals surface area contributed by atoms with Crippen LogP contribution in [0.4, 0.5) is 0 Å². The number of carbonyl (C=O) groups excluding carboxylic acids is 1. The van der Waals surface area contributed by atoms with E-state index >= 15 is 0 Å². The summed E-state index contributed by atoms with van der Waals surface area (Å²) in [4.78, 5) is 12.7. The molecule has 2 fully saturated rings. The van der Waals surface area contributed by atoms with E-state index in [2.05, 4.69) is 5.32 Å². The lowest BCUT2D eigenvalue weighted by Crippen LogP contribution is -2.63. The molecular weight excluding hydrogens is 330 g/mol. The highest BCUT2D eigenvalue weighted by Gasteiger charge is 2.54. The smallest absolute Gasteiger partial charge is 0.250 e. The Kier molecular flexibility index (Phi) is 4.24. The van der Waals surface area contributed by atoms with E-state index in [-0.39, 0.29) is 30.6 Å². The van der Waals surface area contributed by atoms with E-state index < -0.39 is 0 Å². The summed E-state index contributed by atoms with van der Waals surface area (Å²) in [5.74, 6) is 1.28. The fourth-order valence-electron chi connectivity index (χ4n) is 3.96. The number of hydrogen-bond donors (Lipinski definition) is 1. The summed E-state index contributed by atoms with van der Waals surface area (Å²) in [6.07, 6.45) is 3.06. The Morgan fingerprint density at radius 3 is 3.17 bits per heavy atom. The topological polar surface area (TPSA) is 56.8 Å². The Hall–Kier alpha value is -1.56. The predicted molar refractivity (Wildman–Crippen MR) is 90.1 cm³/mol. The first-order valence-corrected chi connectivity index (χ1v) is 8.59. The zero-order chi connectivity index (χ0) is 16.7. The number of amides is 1. The number of fused-ring (bicyclic) bond motifs is 2. The standard InChI is InChI=1S/C18H20ClNO4/c1-22-9-14-16(13-4-5-23-17(13)14)20-18(21)11-6-10-7-12(19)2-3-15(10)24-8-11/h2-3,6-7,13-14,16-17H,4-5,8-9H2,1H3,(H,20,21)/t13-,14+,16-,17-/m0/s1. The Bertz CT molecular complexity index is 690. The SMILES string of the molecule is COC[C@@H]1[C@@H](NC(=O)C2=Cc3cc(Cl)ccc3OC2)[C@@H]2CCO[C@H]12. The Balaban J connectivity index is 1.48. The molecule has 0 unspecified atom stereocenters. The maximum absolute atomic E-state index is 12.7. The van der Waals surface area contributed by atoms with E-state index in [1.165, 1.54) is 0 Å². The fraction of sp³-hybridized carbons (Fsp3) is 0.500. The van der Waals surface area contributed by atoms with Crippen molar-refractivity contribution in [3.05, 3.63) is 34.4 Å². The van der Waals surface area contributed by atoms with Gasteiger partial charge in [0.05, 0.1) is 18.3 Å². The van der Waals surface area contributed by atoms with Crippen LogP contribution in [-0.2, 0) is 14.3 Å². The van der Waals surface area contributed by atoms with Crippen LogP contribution in [0.25, 0.3) is 6.08 Å². The lowest BCUT2D eigenvalue weighted by atomic mass is 9.67. The molecule has 2 heterocycles. The molecule has 1 saturated carbocycles. The number of rotatable bonds is 4. The molecule has 128 valence electrons. The highest BCUT2D eigenvalue weighted by molar-refractivity contribution is 6.30. The minimum Gasteiger partial charge on any atom is -0.488 e. The van der Waals surface area contributed by atoms with Gasteiger partial charge >= 0.3 is 0 Å². The quantitative estimate of drug-likeness (QED) is 0.906. The average Bonchev–Trinajstić information content (AvgIpc) is 3.01. The van der Waals surface area contributed by atoms with Gasteiger partial charge in [0.2, 0.25) is 0 Å². The second kappa shape index (κ2) is 6.39. The van der Waals surface area contributed by atoms with Crippen molar-refractivity contribution in [2.45, 2.75) is 18.6 Å². The van der Waals surface area contributed by atoms with Gasteiger partial charge in [-0.1, -0.05) is 11.6 Å². The van der Waals surface area contributed by atoms with Gasteiger partial charge in [-0.2, -0.15) is 0 Å². The van der Waals surface area contributed by atoms with Crippen LogP contribution in [0.3, 0.4) is 0 Å². The summed E-state index contributed by atoms with van der Waals surface area (Å²) < 4.78 is 16.7. The van der Waals surface area contributed by atoms with Crippen molar-refractivity contribution in [1.29, 1.82) is 0 Å². The van der Waals surface area contributed by atoms with Crippen LogP contribution >= 0.6 is 11.6 Å². The first-order chi connectivity index (χ1) is 11.7. The lowest BCUT2D eigenvalue weighted by Gasteiger charge is -2.47. The first-order valence-electron chi connectivity index (χ1n) is 8.21. The summed E-state index contributed by atoms with van der Waals surface area (Å²) in [6, 6.07) is 5.51. The minimum absolute atomic E-state index is 0.0860. The molecule has 24 heavy (non-hydrogen) atoms. The maximum atomic E-state index is 12.7. The molecular formula is C18H20ClNO4. The molecule has 1 amide bonds. The Morgan fingerprint density at radius 2 is 2.33 bits per heavy atom. The molecule has 1 aromatic rings. The molecule has 0 radical (unpaired) electrons. The van der Waals surface area contributed by atoms with E-state index in [1.54, 1.807) is 19.2 Å². The number of halogens is 1. The molecule has 1 aromatic carbocycles. The molecule has 1 N–H and O–H groups in total. The van der Waals surface area contributed by atoms with Gasteiger partial charge in [-0.3, -0.25) is 4.79 Å². The molecule has 4 rings (SSSR count). The number of benzene rings is 1. The van der Waals surface area contributed by atoms with Crippen molar-refractivity contribution < 1.29 is 19.0 Å². The zero-order valence-corrected chi connectivity index (χ0v) is 14.2. The van der Waals surface area contributed by atoms with Crippen molar-refractivity contribution in [1.82, 2.24) is 5.32 Å². The van der Waals surface area contributed by atoms with Gasteiger partial charge in [-0.25, -0.2) is 0 Å². The Labute approximate surface area is 145 Å². The predicted octanol–water partition coefficient (Wildman–Crippen LogP) is 2.28. The van der Waals surface area contributed by atoms with Crippen molar-refractivity contribution in [3.63, 3.8) is 0 Å². The van der Waals surface area contributed by atoms with E-state index in [9.17, 15) is 4.79 Å². The van der Waals surface area contributed by atoms with Gasteiger partial charge in [0, 0.05) is 42.2 Å². The van der Waals surface area contributed by atoms with Gasteiger partial charge in [0.25, 0.3) is 5.91 Å². The van der Waals surface area contributed by atoms with Gasteiger partial charge in [0.1, 0.15) is 12.4 Å². The molecule has 0 aromatic heterocycles. The van der Waals surface area contributed by atoms with Crippen molar-refractivity contribution in [3.8, 4) is 5.75 Å². The molecule has 6 heteroatoms. The first kappa shape index (κ1) is 15.9. The molecule has 1 saturated heterocycles. The summed E-state index contributed by atoms with van der Waals surface area (Å²) in [5, 5.41) is 3.78.